The third-order valence-corrected chi connectivity index (χ3v) is 2.16. The van der Waals surface area contributed by atoms with Crippen LogP contribution in [-0.4, -0.2) is 31.0 Å². The van der Waals surface area contributed by atoms with Gasteiger partial charge in [0.25, 0.3) is 0 Å². The fourth-order valence-corrected chi connectivity index (χ4v) is 1.51. The van der Waals surface area contributed by atoms with Crippen LogP contribution in [0.15, 0.2) is 30.3 Å². The van der Waals surface area contributed by atoms with Crippen LogP contribution in [0.1, 0.15) is 18.6 Å². The molecule has 0 aliphatic carbocycles. The zero-order valence-electron chi connectivity index (χ0n) is 8.36. The van der Waals surface area contributed by atoms with E-state index in [0.29, 0.717) is 0 Å². The Labute approximate surface area is 95.0 Å². The Balaban J connectivity index is 0.000000980. The molecule has 69 valence electrons. The second-order valence-electron chi connectivity index (χ2n) is 3.17. The van der Waals surface area contributed by atoms with Crippen molar-refractivity contribution in [2.45, 2.75) is 19.1 Å². The third kappa shape index (κ3) is 2.12. The fraction of sp³-hybridized carbons (Fsp3) is 0.300. The quantitative estimate of drug-likeness (QED) is 0.671. The minimum atomic E-state index is -0.332. The van der Waals surface area contributed by atoms with Gasteiger partial charge in [-0.15, -0.1) is 0 Å². The van der Waals surface area contributed by atoms with Crippen molar-refractivity contribution in [1.29, 1.82) is 0 Å². The normalized spacial score (nSPS) is 24.8. The topological polar surface area (TPSA) is 38.3 Å². The van der Waals surface area contributed by atoms with Crippen LogP contribution in [0.4, 0.5) is 4.79 Å². The largest absolute Gasteiger partial charge is 0.439 e. The first-order chi connectivity index (χ1) is 6.27. The molecule has 4 heteroatoms. The van der Waals surface area contributed by atoms with E-state index in [2.05, 4.69) is 5.32 Å². The summed E-state index contributed by atoms with van der Waals surface area (Å²) in [5.41, 5.74) is 1.04. The maximum atomic E-state index is 10.9. The minimum Gasteiger partial charge on any atom is -0.439 e. The number of hydrogen-bond donors (Lipinski definition) is 1. The summed E-state index contributed by atoms with van der Waals surface area (Å²) in [5.74, 6) is 0. The van der Waals surface area contributed by atoms with Crippen molar-refractivity contribution in [3.8, 4) is 0 Å². The number of cyclic esters (lactones) is 1. The van der Waals surface area contributed by atoms with E-state index in [9.17, 15) is 4.79 Å². The second kappa shape index (κ2) is 4.54. The van der Waals surface area contributed by atoms with E-state index in [1.54, 1.807) is 0 Å². The van der Waals surface area contributed by atoms with Crippen LogP contribution < -0.4 is 5.32 Å². The van der Waals surface area contributed by atoms with Crippen molar-refractivity contribution >= 4 is 25.0 Å². The molecule has 1 fully saturated rings. The van der Waals surface area contributed by atoms with Crippen LogP contribution in [0.25, 0.3) is 0 Å². The van der Waals surface area contributed by atoms with Gasteiger partial charge in [-0.2, -0.15) is 0 Å². The summed E-state index contributed by atoms with van der Waals surface area (Å²) in [4.78, 5) is 10.9. The number of nitrogens with one attached hydrogen (secondary N) is 1. The van der Waals surface area contributed by atoms with E-state index in [0.717, 1.165) is 5.56 Å². The van der Waals surface area contributed by atoms with Crippen molar-refractivity contribution in [2.24, 2.45) is 0 Å². The third-order valence-electron chi connectivity index (χ3n) is 2.16. The molecule has 3 nitrogen and oxygen atoms in total. The Hall–Kier alpha value is -0.913. The average Bonchev–Trinajstić information content (AvgIpc) is 2.47. The molecule has 2 atom stereocenters. The molecule has 0 unspecified atom stereocenters. The van der Waals surface area contributed by atoms with Gasteiger partial charge < -0.3 is 10.1 Å². The molecule has 1 amide bonds. The summed E-state index contributed by atoms with van der Waals surface area (Å²) in [6.45, 7) is 1.93. The van der Waals surface area contributed by atoms with Crippen LogP contribution in [0.2, 0.25) is 0 Å². The molecule has 1 aromatic rings. The Morgan fingerprint density at radius 1 is 1.29 bits per heavy atom. The number of carbonyl (C=O) groups excluding carboxylic acids is 1. The summed E-state index contributed by atoms with van der Waals surface area (Å²) < 4.78 is 5.11. The number of ether oxygens (including phenoxy) is 1. The molecule has 1 aliphatic rings. The maximum absolute atomic E-state index is 10.9. The zero-order valence-corrected chi connectivity index (χ0v) is 8.36. The average molecular weight is 184 g/mol. The van der Waals surface area contributed by atoms with Crippen LogP contribution in [0.5, 0.6) is 0 Å². The van der Waals surface area contributed by atoms with Gasteiger partial charge in [-0.25, -0.2) is 4.79 Å². The van der Waals surface area contributed by atoms with Crippen LogP contribution in [0.3, 0.4) is 0 Å². The van der Waals surface area contributed by atoms with Gasteiger partial charge in [0.15, 0.2) is 0 Å². The van der Waals surface area contributed by atoms with Gasteiger partial charge in [-0.05, 0) is 12.5 Å². The van der Waals surface area contributed by atoms with Crippen LogP contribution in [0, 0.1) is 0 Å². The standard InChI is InChI=1S/C10H11NO2.Li/c1-7-9(13-10(12)11-7)8-5-3-2-4-6-8;/h2-7,9H,1H3,(H,11,12);/t7-,9-;/m0./s1. The summed E-state index contributed by atoms with van der Waals surface area (Å²) in [6, 6.07) is 9.79. The molecule has 1 aliphatic heterocycles. The number of rotatable bonds is 1. The first-order valence-electron chi connectivity index (χ1n) is 4.29. The van der Waals surface area contributed by atoms with Gasteiger partial charge in [0.1, 0.15) is 6.10 Å². The molecular formula is C10H11LiNO2. The van der Waals surface area contributed by atoms with Gasteiger partial charge in [0, 0.05) is 18.9 Å². The van der Waals surface area contributed by atoms with Crippen LogP contribution in [-0.2, 0) is 4.74 Å². The smallest absolute Gasteiger partial charge is 0.408 e. The first kappa shape index (κ1) is 11.2. The molecule has 1 aromatic carbocycles. The molecule has 0 spiro atoms. The molecule has 0 saturated carbocycles. The molecule has 2 rings (SSSR count). The van der Waals surface area contributed by atoms with Crippen molar-refractivity contribution in [3.63, 3.8) is 0 Å². The molecule has 1 radical (unpaired) electrons. The maximum Gasteiger partial charge on any atom is 0.408 e. The van der Waals surface area contributed by atoms with Crippen molar-refractivity contribution < 1.29 is 9.53 Å². The molecule has 0 bridgehead atoms. The predicted molar refractivity (Wildman–Crippen MR) is 54.0 cm³/mol. The second-order valence-corrected chi connectivity index (χ2v) is 3.17. The summed E-state index contributed by atoms with van der Waals surface area (Å²) in [7, 11) is 0. The SMILES string of the molecule is C[C@@H]1NC(=O)O[C@@H]1c1ccccc1.[Li]. The van der Waals surface area contributed by atoms with E-state index < -0.39 is 0 Å². The Morgan fingerprint density at radius 2 is 1.93 bits per heavy atom. The fourth-order valence-electron chi connectivity index (χ4n) is 1.51. The Morgan fingerprint density at radius 3 is 2.43 bits per heavy atom. The molecule has 0 aromatic heterocycles. The van der Waals surface area contributed by atoms with Gasteiger partial charge in [-0.1, -0.05) is 30.3 Å². The summed E-state index contributed by atoms with van der Waals surface area (Å²) in [5, 5.41) is 2.70. The van der Waals surface area contributed by atoms with E-state index >= 15 is 0 Å². The predicted octanol–water partition coefficient (Wildman–Crippen LogP) is 1.48. The van der Waals surface area contributed by atoms with Crippen molar-refractivity contribution in [1.82, 2.24) is 5.32 Å². The zero-order chi connectivity index (χ0) is 9.26. The molecule has 14 heavy (non-hydrogen) atoms. The number of alkyl carbamates (subject to hydrolysis) is 1. The van der Waals surface area contributed by atoms with Crippen molar-refractivity contribution in [3.05, 3.63) is 35.9 Å². The minimum absolute atomic E-state index is 0. The molecular weight excluding hydrogens is 173 g/mol. The monoisotopic (exact) mass is 184 g/mol. The summed E-state index contributed by atoms with van der Waals surface area (Å²) >= 11 is 0. The Bertz CT molecular complexity index is 315. The van der Waals surface area contributed by atoms with Gasteiger partial charge in [0.2, 0.25) is 0 Å². The van der Waals surface area contributed by atoms with E-state index in [-0.39, 0.29) is 37.1 Å². The number of hydrogen-bond acceptors (Lipinski definition) is 2. The van der Waals surface area contributed by atoms with Crippen molar-refractivity contribution in [2.75, 3.05) is 0 Å². The van der Waals surface area contributed by atoms with E-state index in [1.807, 2.05) is 37.3 Å². The number of carbonyl (C=O) groups is 1. The van der Waals surface area contributed by atoms with Gasteiger partial charge in [-0.3, -0.25) is 0 Å². The molecule has 1 N–H and O–H groups in total. The van der Waals surface area contributed by atoms with Crippen LogP contribution >= 0.6 is 0 Å². The number of benzene rings is 1. The van der Waals surface area contributed by atoms with E-state index in [1.165, 1.54) is 0 Å². The summed E-state index contributed by atoms with van der Waals surface area (Å²) in [6.07, 6.45) is -0.477. The first-order valence-corrected chi connectivity index (χ1v) is 4.29. The van der Waals surface area contributed by atoms with Gasteiger partial charge in [0.05, 0.1) is 6.04 Å². The Kier molecular flexibility index (Phi) is 3.62. The molecule has 1 saturated heterocycles. The molecule has 1 heterocycles. The van der Waals surface area contributed by atoms with Gasteiger partial charge >= 0.3 is 6.09 Å². The van der Waals surface area contributed by atoms with E-state index in [4.69, 9.17) is 4.74 Å². The number of amides is 1.